The van der Waals surface area contributed by atoms with Crippen LogP contribution in [0.15, 0.2) is 23.3 Å². The van der Waals surface area contributed by atoms with E-state index in [2.05, 4.69) is 26.0 Å². The summed E-state index contributed by atoms with van der Waals surface area (Å²) in [5.74, 6) is 1.65. The highest BCUT2D eigenvalue weighted by molar-refractivity contribution is 5.94. The Morgan fingerprint density at radius 2 is 1.90 bits per heavy atom. The molecule has 0 amide bonds. The maximum absolute atomic E-state index is 12.5. The predicted molar refractivity (Wildman–Crippen MR) is 78.0 cm³/mol. The summed E-state index contributed by atoms with van der Waals surface area (Å²) in [6.45, 7) is 4.35. The van der Waals surface area contributed by atoms with Gasteiger partial charge in [-0.1, -0.05) is 37.1 Å². The average Bonchev–Trinajstić information content (AvgIpc) is 2.97. The van der Waals surface area contributed by atoms with Crippen molar-refractivity contribution >= 4 is 5.78 Å². The zero-order valence-electron chi connectivity index (χ0n) is 12.4. The first kappa shape index (κ1) is 12.8. The molecule has 2 unspecified atom stereocenters. The summed E-state index contributed by atoms with van der Waals surface area (Å²) >= 11 is 0. The van der Waals surface area contributed by atoms with Crippen LogP contribution in [0.2, 0.25) is 0 Å². The van der Waals surface area contributed by atoms with Crippen molar-refractivity contribution in [2.45, 2.75) is 51.6 Å². The van der Waals surface area contributed by atoms with Crippen LogP contribution in [0.5, 0.6) is 0 Å². The lowest BCUT2D eigenvalue weighted by Crippen LogP contribution is -2.66. The summed E-state index contributed by atoms with van der Waals surface area (Å²) in [6, 6.07) is 0. The number of carbonyl (C=O) groups is 1. The topological polar surface area (TPSA) is 37.3 Å². The van der Waals surface area contributed by atoms with Crippen molar-refractivity contribution in [3.05, 3.63) is 23.3 Å². The number of hydrogen-bond donors (Lipinski definition) is 1. The second-order valence-electron chi connectivity index (χ2n) is 7.32. The highest BCUT2D eigenvalue weighted by Gasteiger charge is 2.67. The van der Waals surface area contributed by atoms with E-state index in [-0.39, 0.29) is 17.8 Å². The van der Waals surface area contributed by atoms with E-state index >= 15 is 0 Å². The Balaban J connectivity index is 1.56. The van der Waals surface area contributed by atoms with Crippen LogP contribution in [0.1, 0.15) is 46.0 Å². The third-order valence-corrected chi connectivity index (χ3v) is 6.50. The van der Waals surface area contributed by atoms with Crippen molar-refractivity contribution in [3.8, 4) is 0 Å². The van der Waals surface area contributed by atoms with E-state index in [9.17, 15) is 9.90 Å². The highest BCUT2D eigenvalue weighted by Crippen LogP contribution is 2.63. The first-order valence-corrected chi connectivity index (χ1v) is 8.23. The van der Waals surface area contributed by atoms with E-state index in [1.807, 2.05) is 0 Å². The van der Waals surface area contributed by atoms with Gasteiger partial charge in [-0.05, 0) is 43.9 Å². The Bertz CT molecular complexity index is 530. The SMILES string of the molecule is CCC1=C[C@@H]2[C@H](C1)CC2(O)C1C(=O)[C@@H]2C=C(CC)C[C@H]12. The van der Waals surface area contributed by atoms with Gasteiger partial charge in [0.05, 0.1) is 11.5 Å². The van der Waals surface area contributed by atoms with Crippen molar-refractivity contribution in [2.75, 3.05) is 0 Å². The van der Waals surface area contributed by atoms with Gasteiger partial charge in [-0.3, -0.25) is 4.79 Å². The van der Waals surface area contributed by atoms with E-state index in [0.29, 0.717) is 17.6 Å². The van der Waals surface area contributed by atoms with E-state index in [4.69, 9.17) is 0 Å². The Morgan fingerprint density at radius 3 is 2.60 bits per heavy atom. The number of fused-ring (bicyclic) bond motifs is 2. The van der Waals surface area contributed by atoms with Crippen LogP contribution >= 0.6 is 0 Å². The van der Waals surface area contributed by atoms with E-state index in [0.717, 1.165) is 32.1 Å². The maximum atomic E-state index is 12.5. The molecule has 108 valence electrons. The van der Waals surface area contributed by atoms with E-state index in [1.165, 1.54) is 11.1 Å². The van der Waals surface area contributed by atoms with Gasteiger partial charge in [-0.25, -0.2) is 0 Å². The molecule has 0 aliphatic heterocycles. The minimum atomic E-state index is -0.711. The monoisotopic (exact) mass is 272 g/mol. The molecule has 20 heavy (non-hydrogen) atoms. The Kier molecular flexibility index (Phi) is 2.61. The summed E-state index contributed by atoms with van der Waals surface area (Å²) in [4.78, 5) is 12.5. The van der Waals surface area contributed by atoms with Crippen molar-refractivity contribution < 1.29 is 9.90 Å². The van der Waals surface area contributed by atoms with Gasteiger partial charge in [0.25, 0.3) is 0 Å². The van der Waals surface area contributed by atoms with Crippen LogP contribution in [0.4, 0.5) is 0 Å². The number of rotatable bonds is 3. The van der Waals surface area contributed by atoms with E-state index in [1.54, 1.807) is 0 Å². The number of ketones is 1. The second kappa shape index (κ2) is 4.07. The summed E-state index contributed by atoms with van der Waals surface area (Å²) in [7, 11) is 0. The van der Waals surface area contributed by atoms with Gasteiger partial charge in [0.2, 0.25) is 0 Å². The van der Waals surface area contributed by atoms with Gasteiger partial charge >= 0.3 is 0 Å². The van der Waals surface area contributed by atoms with Crippen LogP contribution in [0, 0.1) is 29.6 Å². The number of aliphatic hydroxyl groups is 1. The molecule has 2 fully saturated rings. The Morgan fingerprint density at radius 1 is 1.20 bits per heavy atom. The molecule has 6 atom stereocenters. The molecule has 2 saturated carbocycles. The molecular weight excluding hydrogens is 248 g/mol. The average molecular weight is 272 g/mol. The van der Waals surface area contributed by atoms with Crippen molar-refractivity contribution in [1.29, 1.82) is 0 Å². The van der Waals surface area contributed by atoms with Gasteiger partial charge in [-0.15, -0.1) is 0 Å². The highest BCUT2D eigenvalue weighted by atomic mass is 16.3. The van der Waals surface area contributed by atoms with Crippen LogP contribution in [0.25, 0.3) is 0 Å². The first-order chi connectivity index (χ1) is 9.58. The van der Waals surface area contributed by atoms with Crippen molar-refractivity contribution in [3.63, 3.8) is 0 Å². The molecule has 2 heteroatoms. The molecule has 0 radical (unpaired) electrons. The Hall–Kier alpha value is -0.890. The maximum Gasteiger partial charge on any atom is 0.146 e. The molecular formula is C18H24O2. The molecule has 0 spiro atoms. The molecule has 0 saturated heterocycles. The largest absolute Gasteiger partial charge is 0.388 e. The normalized spacial score (nSPS) is 49.0. The number of allylic oxidation sites excluding steroid dienone is 3. The Labute approximate surface area is 120 Å². The summed E-state index contributed by atoms with van der Waals surface area (Å²) in [6.07, 6.45) is 9.66. The standard InChI is InChI=1S/C18H24O2/c1-3-10-5-12-9-18(20,15(12)8-10)16-13-6-11(4-2)7-14(13)17(16)19/h7-8,12-16,20H,3-6,9H2,1-2H3/t12-,13+,14-,15-,16?,18?/m1/s1. The fourth-order valence-electron chi connectivity index (χ4n) is 5.34. The lowest BCUT2D eigenvalue weighted by Gasteiger charge is -2.58. The third kappa shape index (κ3) is 1.41. The van der Waals surface area contributed by atoms with Crippen LogP contribution < -0.4 is 0 Å². The lowest BCUT2D eigenvalue weighted by atomic mass is 9.47. The zero-order chi connectivity index (χ0) is 14.1. The molecule has 2 nitrogen and oxygen atoms in total. The molecule has 0 bridgehead atoms. The second-order valence-corrected chi connectivity index (χ2v) is 7.32. The predicted octanol–water partition coefficient (Wildman–Crippen LogP) is 3.27. The van der Waals surface area contributed by atoms with Gasteiger partial charge in [0.15, 0.2) is 0 Å². The molecule has 0 aromatic carbocycles. The van der Waals surface area contributed by atoms with Gasteiger partial charge in [0.1, 0.15) is 5.78 Å². The van der Waals surface area contributed by atoms with Crippen LogP contribution in [0.3, 0.4) is 0 Å². The fourth-order valence-corrected chi connectivity index (χ4v) is 5.34. The molecule has 4 rings (SSSR count). The van der Waals surface area contributed by atoms with Crippen molar-refractivity contribution in [1.82, 2.24) is 0 Å². The molecule has 4 aliphatic carbocycles. The molecule has 0 aromatic rings. The number of hydrogen-bond acceptors (Lipinski definition) is 2. The smallest absolute Gasteiger partial charge is 0.146 e. The quantitative estimate of drug-likeness (QED) is 0.801. The fraction of sp³-hybridized carbons (Fsp3) is 0.722. The van der Waals surface area contributed by atoms with Crippen LogP contribution in [-0.2, 0) is 4.79 Å². The molecule has 0 aromatic heterocycles. The number of Topliss-reactive ketones (excluding diaryl/α,β-unsaturated/α-hetero) is 1. The first-order valence-electron chi connectivity index (χ1n) is 8.23. The minimum absolute atomic E-state index is 0.0819. The summed E-state index contributed by atoms with van der Waals surface area (Å²) in [5.41, 5.74) is 2.20. The van der Waals surface area contributed by atoms with Gasteiger partial charge in [0, 0.05) is 11.8 Å². The summed E-state index contributed by atoms with van der Waals surface area (Å²) < 4.78 is 0. The summed E-state index contributed by atoms with van der Waals surface area (Å²) in [5, 5.41) is 11.1. The molecule has 1 N–H and O–H groups in total. The van der Waals surface area contributed by atoms with E-state index < -0.39 is 5.60 Å². The van der Waals surface area contributed by atoms with Crippen molar-refractivity contribution in [2.24, 2.45) is 29.6 Å². The molecule has 4 aliphatic rings. The molecule has 0 heterocycles. The lowest BCUT2D eigenvalue weighted by molar-refractivity contribution is -0.197. The minimum Gasteiger partial charge on any atom is -0.388 e. The third-order valence-electron chi connectivity index (χ3n) is 6.50. The van der Waals surface area contributed by atoms with Gasteiger partial charge < -0.3 is 5.11 Å². The van der Waals surface area contributed by atoms with Crippen LogP contribution in [-0.4, -0.2) is 16.5 Å². The zero-order valence-corrected chi connectivity index (χ0v) is 12.4. The van der Waals surface area contributed by atoms with Gasteiger partial charge in [-0.2, -0.15) is 0 Å². The number of carbonyl (C=O) groups excluding carboxylic acids is 1.